The number of likely N-dealkylation sites (tertiary alicyclic amines) is 1. The second-order valence-electron chi connectivity index (χ2n) is 6.52. The molecule has 1 fully saturated rings. The van der Waals surface area contributed by atoms with Crippen molar-refractivity contribution in [3.8, 4) is 0 Å². The summed E-state index contributed by atoms with van der Waals surface area (Å²) in [4.78, 5) is 19.6. The summed E-state index contributed by atoms with van der Waals surface area (Å²) in [5.74, 6) is 1.65. The molecule has 0 radical (unpaired) electrons. The lowest BCUT2D eigenvalue weighted by molar-refractivity contribution is 0.208. The molecule has 0 unspecified atom stereocenters. The van der Waals surface area contributed by atoms with Crippen LogP contribution < -0.4 is 5.56 Å². The molecule has 4 nitrogen and oxygen atoms in total. The molecule has 4 heteroatoms. The normalized spacial score (nSPS) is 17.2. The Morgan fingerprint density at radius 1 is 1.23 bits per heavy atom. The van der Waals surface area contributed by atoms with Crippen molar-refractivity contribution in [3.05, 3.63) is 40.4 Å². The van der Waals surface area contributed by atoms with E-state index in [9.17, 15) is 4.79 Å². The standard InChI is InChI=1S/C18H25N3O/c1-14-19-17-8-4-3-7-16(17)18(22)21(14)11-5-6-15-9-12-20(2)13-10-15/h3-4,7-8,15H,5-6,9-13H2,1-2H3. The van der Waals surface area contributed by atoms with Gasteiger partial charge in [0.25, 0.3) is 5.56 Å². The minimum atomic E-state index is 0.103. The maximum absolute atomic E-state index is 12.6. The Balaban J connectivity index is 1.68. The van der Waals surface area contributed by atoms with Crippen molar-refractivity contribution in [1.29, 1.82) is 0 Å². The van der Waals surface area contributed by atoms with E-state index < -0.39 is 0 Å². The molecular formula is C18H25N3O. The summed E-state index contributed by atoms with van der Waals surface area (Å²) in [6.07, 6.45) is 4.86. The second-order valence-corrected chi connectivity index (χ2v) is 6.52. The van der Waals surface area contributed by atoms with Crippen LogP contribution in [0, 0.1) is 12.8 Å². The maximum atomic E-state index is 12.6. The number of aromatic nitrogens is 2. The molecule has 1 saturated heterocycles. The number of benzene rings is 1. The lowest BCUT2D eigenvalue weighted by Gasteiger charge is -2.28. The van der Waals surface area contributed by atoms with Crippen molar-refractivity contribution < 1.29 is 0 Å². The van der Waals surface area contributed by atoms with Gasteiger partial charge in [-0.05, 0) is 70.8 Å². The molecule has 2 aromatic rings. The van der Waals surface area contributed by atoms with Gasteiger partial charge in [-0.3, -0.25) is 9.36 Å². The second kappa shape index (κ2) is 6.61. The van der Waals surface area contributed by atoms with Crippen molar-refractivity contribution >= 4 is 10.9 Å². The molecule has 0 N–H and O–H groups in total. The summed E-state index contributed by atoms with van der Waals surface area (Å²) >= 11 is 0. The highest BCUT2D eigenvalue weighted by atomic mass is 16.1. The van der Waals surface area contributed by atoms with Crippen LogP contribution in [0.3, 0.4) is 0 Å². The van der Waals surface area contributed by atoms with Gasteiger partial charge in [-0.25, -0.2) is 4.98 Å². The van der Waals surface area contributed by atoms with Gasteiger partial charge in [0.2, 0.25) is 0 Å². The predicted molar refractivity (Wildman–Crippen MR) is 90.2 cm³/mol. The number of nitrogens with zero attached hydrogens (tertiary/aromatic N) is 3. The lowest BCUT2D eigenvalue weighted by Crippen LogP contribution is -2.30. The first-order valence-corrected chi connectivity index (χ1v) is 8.30. The van der Waals surface area contributed by atoms with Gasteiger partial charge in [0.1, 0.15) is 5.82 Å². The topological polar surface area (TPSA) is 38.1 Å². The van der Waals surface area contributed by atoms with Crippen LogP contribution in [0.25, 0.3) is 10.9 Å². The predicted octanol–water partition coefficient (Wildman–Crippen LogP) is 2.83. The molecular weight excluding hydrogens is 274 g/mol. The lowest BCUT2D eigenvalue weighted by atomic mass is 9.92. The van der Waals surface area contributed by atoms with Crippen LogP contribution in [0.5, 0.6) is 0 Å². The van der Waals surface area contributed by atoms with Gasteiger partial charge in [-0.1, -0.05) is 12.1 Å². The zero-order chi connectivity index (χ0) is 15.5. The molecule has 118 valence electrons. The summed E-state index contributed by atoms with van der Waals surface area (Å²) in [5, 5.41) is 0.729. The molecule has 1 aliphatic heterocycles. The highest BCUT2D eigenvalue weighted by Crippen LogP contribution is 2.21. The average Bonchev–Trinajstić information content (AvgIpc) is 2.52. The zero-order valence-corrected chi connectivity index (χ0v) is 13.6. The molecule has 3 rings (SSSR count). The number of rotatable bonds is 4. The van der Waals surface area contributed by atoms with Gasteiger partial charge in [0, 0.05) is 6.54 Å². The Labute approximate surface area is 131 Å². The minimum Gasteiger partial charge on any atom is -0.306 e. The number of hydrogen-bond donors (Lipinski definition) is 0. The molecule has 1 aliphatic rings. The molecule has 1 aromatic heterocycles. The first kappa shape index (κ1) is 15.2. The number of aryl methyl sites for hydroxylation is 1. The van der Waals surface area contributed by atoms with Gasteiger partial charge in [-0.2, -0.15) is 0 Å². The molecule has 0 spiro atoms. The van der Waals surface area contributed by atoms with Gasteiger partial charge in [0.05, 0.1) is 10.9 Å². The third-order valence-corrected chi connectivity index (χ3v) is 4.88. The van der Waals surface area contributed by atoms with E-state index in [1.165, 1.54) is 32.4 Å². The van der Waals surface area contributed by atoms with Crippen LogP contribution in [0.15, 0.2) is 29.1 Å². The molecule has 0 amide bonds. The summed E-state index contributed by atoms with van der Waals surface area (Å²) < 4.78 is 1.84. The summed E-state index contributed by atoms with van der Waals surface area (Å²) in [6.45, 7) is 5.14. The van der Waals surface area contributed by atoms with Gasteiger partial charge in [0.15, 0.2) is 0 Å². The third-order valence-electron chi connectivity index (χ3n) is 4.88. The molecule has 0 atom stereocenters. The highest BCUT2D eigenvalue weighted by molar-refractivity contribution is 5.77. The molecule has 0 aliphatic carbocycles. The minimum absolute atomic E-state index is 0.103. The van der Waals surface area contributed by atoms with E-state index in [-0.39, 0.29) is 5.56 Å². The van der Waals surface area contributed by atoms with Crippen LogP contribution in [-0.4, -0.2) is 34.6 Å². The van der Waals surface area contributed by atoms with Crippen molar-refractivity contribution in [2.24, 2.45) is 5.92 Å². The van der Waals surface area contributed by atoms with Crippen LogP contribution in [0.2, 0.25) is 0 Å². The van der Waals surface area contributed by atoms with Crippen LogP contribution in [0.1, 0.15) is 31.5 Å². The Morgan fingerprint density at radius 2 is 1.95 bits per heavy atom. The number of para-hydroxylation sites is 1. The maximum Gasteiger partial charge on any atom is 0.261 e. The van der Waals surface area contributed by atoms with Gasteiger partial charge in [-0.15, -0.1) is 0 Å². The fourth-order valence-electron chi connectivity index (χ4n) is 3.43. The van der Waals surface area contributed by atoms with Crippen molar-refractivity contribution in [1.82, 2.24) is 14.5 Å². The highest BCUT2D eigenvalue weighted by Gasteiger charge is 2.16. The van der Waals surface area contributed by atoms with Crippen molar-refractivity contribution in [2.45, 2.75) is 39.2 Å². The van der Waals surface area contributed by atoms with E-state index in [0.29, 0.717) is 0 Å². The van der Waals surface area contributed by atoms with E-state index >= 15 is 0 Å². The third kappa shape index (κ3) is 3.22. The Bertz CT molecular complexity index is 699. The van der Waals surface area contributed by atoms with Crippen LogP contribution >= 0.6 is 0 Å². The smallest absolute Gasteiger partial charge is 0.261 e. The van der Waals surface area contributed by atoms with Crippen molar-refractivity contribution in [2.75, 3.05) is 20.1 Å². The SMILES string of the molecule is Cc1nc2ccccc2c(=O)n1CCCC1CCN(C)CC1. The molecule has 22 heavy (non-hydrogen) atoms. The summed E-state index contributed by atoms with van der Waals surface area (Å²) in [6, 6.07) is 7.62. The quantitative estimate of drug-likeness (QED) is 0.871. The number of hydrogen-bond acceptors (Lipinski definition) is 3. The average molecular weight is 299 g/mol. The Morgan fingerprint density at radius 3 is 2.73 bits per heavy atom. The molecule has 1 aromatic carbocycles. The number of fused-ring (bicyclic) bond motifs is 1. The van der Waals surface area contributed by atoms with Gasteiger partial charge < -0.3 is 4.90 Å². The van der Waals surface area contributed by atoms with Crippen molar-refractivity contribution in [3.63, 3.8) is 0 Å². The van der Waals surface area contributed by atoms with E-state index in [2.05, 4.69) is 16.9 Å². The largest absolute Gasteiger partial charge is 0.306 e. The number of piperidine rings is 1. The zero-order valence-electron chi connectivity index (χ0n) is 13.6. The fourth-order valence-corrected chi connectivity index (χ4v) is 3.43. The van der Waals surface area contributed by atoms with E-state index in [4.69, 9.17) is 0 Å². The fraction of sp³-hybridized carbons (Fsp3) is 0.556. The molecule has 0 bridgehead atoms. The van der Waals surface area contributed by atoms with E-state index in [1.807, 2.05) is 35.8 Å². The van der Waals surface area contributed by atoms with E-state index in [0.717, 1.165) is 35.6 Å². The summed E-state index contributed by atoms with van der Waals surface area (Å²) in [7, 11) is 2.19. The Kier molecular flexibility index (Phi) is 4.57. The van der Waals surface area contributed by atoms with E-state index in [1.54, 1.807) is 0 Å². The van der Waals surface area contributed by atoms with Crippen LogP contribution in [-0.2, 0) is 6.54 Å². The monoisotopic (exact) mass is 299 g/mol. The summed E-state index contributed by atoms with van der Waals surface area (Å²) in [5.41, 5.74) is 0.906. The molecule has 2 heterocycles. The first-order valence-electron chi connectivity index (χ1n) is 8.30. The molecule has 0 saturated carbocycles. The first-order chi connectivity index (χ1) is 10.6. The Hall–Kier alpha value is -1.68. The van der Waals surface area contributed by atoms with Crippen LogP contribution in [0.4, 0.5) is 0 Å². The van der Waals surface area contributed by atoms with Gasteiger partial charge >= 0.3 is 0 Å².